The van der Waals surface area contributed by atoms with Crippen LogP contribution in [0.4, 0.5) is 4.79 Å². The van der Waals surface area contributed by atoms with Crippen LogP contribution in [0.1, 0.15) is 36.9 Å². The largest absolute Gasteiger partial charge is 0.341 e. The molecule has 1 N–H and O–H groups in total. The van der Waals surface area contributed by atoms with Gasteiger partial charge >= 0.3 is 6.03 Å². The molecular formula is C21H26N4O3. The lowest BCUT2D eigenvalue weighted by Crippen LogP contribution is -2.47. The van der Waals surface area contributed by atoms with Crippen molar-refractivity contribution < 1.29 is 14.4 Å². The predicted octanol–water partition coefficient (Wildman–Crippen LogP) is 1.80. The van der Waals surface area contributed by atoms with E-state index in [1.807, 2.05) is 43.0 Å². The van der Waals surface area contributed by atoms with Crippen molar-refractivity contribution in [2.45, 2.75) is 32.7 Å². The van der Waals surface area contributed by atoms with Crippen molar-refractivity contribution in [2.24, 2.45) is 0 Å². The molecule has 3 heterocycles. The third kappa shape index (κ3) is 3.15. The van der Waals surface area contributed by atoms with Crippen molar-refractivity contribution in [3.63, 3.8) is 0 Å². The van der Waals surface area contributed by atoms with Crippen LogP contribution in [-0.4, -0.2) is 65.3 Å². The number of rotatable bonds is 4. The quantitative estimate of drug-likeness (QED) is 0.863. The van der Waals surface area contributed by atoms with Crippen LogP contribution in [0, 0.1) is 6.92 Å². The highest BCUT2D eigenvalue weighted by Gasteiger charge is 2.44. The smallest absolute Gasteiger partial charge is 0.322 e. The zero-order chi connectivity index (χ0) is 19.8. The summed E-state index contributed by atoms with van der Waals surface area (Å²) in [6.07, 6.45) is 2.04. The molecule has 1 atom stereocenters. The number of aryl methyl sites for hydroxylation is 1. The van der Waals surface area contributed by atoms with E-state index < -0.39 is 6.04 Å². The van der Waals surface area contributed by atoms with E-state index in [4.69, 9.17) is 0 Å². The van der Waals surface area contributed by atoms with Gasteiger partial charge in [-0.15, -0.1) is 0 Å². The van der Waals surface area contributed by atoms with Crippen LogP contribution >= 0.6 is 0 Å². The summed E-state index contributed by atoms with van der Waals surface area (Å²) in [6.45, 7) is 6.27. The van der Waals surface area contributed by atoms with Crippen molar-refractivity contribution >= 4 is 17.8 Å². The minimum Gasteiger partial charge on any atom is -0.341 e. The molecule has 0 spiro atoms. The van der Waals surface area contributed by atoms with Gasteiger partial charge < -0.3 is 15.1 Å². The second-order valence-corrected chi connectivity index (χ2v) is 7.65. The Balaban J connectivity index is 1.62. The zero-order valence-corrected chi connectivity index (χ0v) is 16.4. The standard InChI is InChI=1S/C21H26N4O3/c1-3-25-16-12-24(13-17(26)23-10-4-5-11-23)20(27)18(16)19(22-21(25)28)15-8-6-14(2)7-9-15/h6-9,19H,3-5,10-13H2,1-2H3,(H,22,28). The number of urea groups is 1. The van der Waals surface area contributed by atoms with Gasteiger partial charge in [-0.25, -0.2) is 4.79 Å². The first kappa shape index (κ1) is 18.5. The Labute approximate surface area is 165 Å². The van der Waals surface area contributed by atoms with Crippen molar-refractivity contribution in [2.75, 3.05) is 32.7 Å². The van der Waals surface area contributed by atoms with Crippen LogP contribution in [0.15, 0.2) is 35.5 Å². The highest BCUT2D eigenvalue weighted by atomic mass is 16.2. The zero-order valence-electron chi connectivity index (χ0n) is 16.4. The molecule has 1 fully saturated rings. The van der Waals surface area contributed by atoms with Gasteiger partial charge in [-0.05, 0) is 32.3 Å². The van der Waals surface area contributed by atoms with E-state index in [9.17, 15) is 14.4 Å². The van der Waals surface area contributed by atoms with Crippen LogP contribution in [0.3, 0.4) is 0 Å². The predicted molar refractivity (Wildman–Crippen MR) is 104 cm³/mol. The summed E-state index contributed by atoms with van der Waals surface area (Å²) in [7, 11) is 0. The second kappa shape index (κ2) is 7.30. The number of carbonyl (C=O) groups is 3. The second-order valence-electron chi connectivity index (χ2n) is 7.65. The Kier molecular flexibility index (Phi) is 4.83. The van der Waals surface area contributed by atoms with Gasteiger partial charge in [0.2, 0.25) is 5.91 Å². The first-order chi connectivity index (χ1) is 13.5. The molecule has 1 aromatic rings. The van der Waals surface area contributed by atoms with Gasteiger partial charge in [-0.2, -0.15) is 0 Å². The first-order valence-electron chi connectivity index (χ1n) is 9.94. The third-order valence-electron chi connectivity index (χ3n) is 5.81. The van der Waals surface area contributed by atoms with Crippen molar-refractivity contribution in [1.82, 2.24) is 20.0 Å². The number of benzene rings is 1. The molecule has 7 nitrogen and oxygen atoms in total. The van der Waals surface area contributed by atoms with Crippen molar-refractivity contribution in [3.8, 4) is 0 Å². The molecule has 3 aliphatic rings. The lowest BCUT2D eigenvalue weighted by atomic mass is 9.95. The average molecular weight is 382 g/mol. The van der Waals surface area contributed by atoms with Gasteiger partial charge in [0.25, 0.3) is 5.91 Å². The summed E-state index contributed by atoms with van der Waals surface area (Å²) >= 11 is 0. The molecule has 0 aromatic heterocycles. The van der Waals surface area contributed by atoms with Gasteiger partial charge in [-0.3, -0.25) is 14.5 Å². The first-order valence-corrected chi connectivity index (χ1v) is 9.94. The monoisotopic (exact) mass is 382 g/mol. The fourth-order valence-corrected chi connectivity index (χ4v) is 4.25. The van der Waals surface area contributed by atoms with Crippen LogP contribution in [-0.2, 0) is 9.59 Å². The molecule has 28 heavy (non-hydrogen) atoms. The fraction of sp³-hybridized carbons (Fsp3) is 0.476. The van der Waals surface area contributed by atoms with Gasteiger partial charge in [0, 0.05) is 19.6 Å². The Morgan fingerprint density at radius 2 is 1.82 bits per heavy atom. The molecule has 4 amide bonds. The van der Waals surface area contributed by atoms with E-state index in [0.29, 0.717) is 18.7 Å². The fourth-order valence-electron chi connectivity index (χ4n) is 4.25. The maximum absolute atomic E-state index is 13.2. The van der Waals surface area contributed by atoms with E-state index >= 15 is 0 Å². The van der Waals surface area contributed by atoms with Crippen LogP contribution < -0.4 is 5.32 Å². The highest BCUT2D eigenvalue weighted by Crippen LogP contribution is 2.36. The van der Waals surface area contributed by atoms with Crippen molar-refractivity contribution in [3.05, 3.63) is 46.7 Å². The molecule has 1 aromatic carbocycles. The lowest BCUT2D eigenvalue weighted by Gasteiger charge is -2.32. The Bertz CT molecular complexity index is 840. The van der Waals surface area contributed by atoms with E-state index in [2.05, 4.69) is 5.32 Å². The van der Waals surface area contributed by atoms with Gasteiger partial charge in [0.05, 0.1) is 23.9 Å². The van der Waals surface area contributed by atoms with Gasteiger partial charge in [0.15, 0.2) is 0 Å². The molecular weight excluding hydrogens is 356 g/mol. The molecule has 0 aliphatic carbocycles. The maximum Gasteiger partial charge on any atom is 0.322 e. The molecule has 1 saturated heterocycles. The molecule has 0 radical (unpaired) electrons. The number of nitrogens with one attached hydrogen (secondary N) is 1. The average Bonchev–Trinajstić information content (AvgIpc) is 3.31. The van der Waals surface area contributed by atoms with Gasteiger partial charge in [-0.1, -0.05) is 29.8 Å². The third-order valence-corrected chi connectivity index (χ3v) is 5.81. The number of hydrogen-bond donors (Lipinski definition) is 1. The molecule has 1 unspecified atom stereocenters. The van der Waals surface area contributed by atoms with Crippen LogP contribution in [0.5, 0.6) is 0 Å². The normalized spacial score (nSPS) is 22.1. The molecule has 3 aliphatic heterocycles. The van der Waals surface area contributed by atoms with Crippen LogP contribution in [0.25, 0.3) is 0 Å². The molecule has 4 rings (SSSR count). The topological polar surface area (TPSA) is 73.0 Å². The maximum atomic E-state index is 13.2. The van der Waals surface area contributed by atoms with E-state index in [0.717, 1.165) is 42.8 Å². The summed E-state index contributed by atoms with van der Waals surface area (Å²) in [4.78, 5) is 43.5. The van der Waals surface area contributed by atoms with Crippen LogP contribution in [0.2, 0.25) is 0 Å². The van der Waals surface area contributed by atoms with E-state index in [-0.39, 0.29) is 24.4 Å². The molecule has 0 saturated carbocycles. The van der Waals surface area contributed by atoms with E-state index in [1.54, 1.807) is 9.80 Å². The summed E-state index contributed by atoms with van der Waals surface area (Å²) in [5.74, 6) is -0.175. The summed E-state index contributed by atoms with van der Waals surface area (Å²) in [6, 6.07) is 7.15. The van der Waals surface area contributed by atoms with Gasteiger partial charge in [0.1, 0.15) is 6.54 Å². The lowest BCUT2D eigenvalue weighted by molar-refractivity contribution is -0.137. The number of nitrogens with zero attached hydrogens (tertiary/aromatic N) is 3. The highest BCUT2D eigenvalue weighted by molar-refractivity contribution is 6.03. The summed E-state index contributed by atoms with van der Waals surface area (Å²) in [5.41, 5.74) is 3.30. The number of carbonyl (C=O) groups excluding carboxylic acids is 3. The Morgan fingerprint density at radius 1 is 1.14 bits per heavy atom. The molecule has 0 bridgehead atoms. The SMILES string of the molecule is CCN1C(=O)NC(c2ccc(C)cc2)C2=C1CN(CC(=O)N1CCCC1)C2=O. The number of amides is 4. The minimum absolute atomic E-state index is 0.0140. The molecule has 148 valence electrons. The number of likely N-dealkylation sites (tertiary alicyclic amines) is 1. The Hall–Kier alpha value is -2.83. The Morgan fingerprint density at radius 3 is 2.46 bits per heavy atom. The summed E-state index contributed by atoms with van der Waals surface area (Å²) < 4.78 is 0. The minimum atomic E-state index is -0.481. The number of likely N-dealkylation sites (N-methyl/N-ethyl adjacent to an activating group) is 1. The van der Waals surface area contributed by atoms with E-state index in [1.165, 1.54) is 0 Å². The summed E-state index contributed by atoms with van der Waals surface area (Å²) in [5, 5.41) is 2.97. The molecule has 7 heteroatoms. The van der Waals surface area contributed by atoms with Crippen molar-refractivity contribution in [1.29, 1.82) is 0 Å². The number of hydrogen-bond acceptors (Lipinski definition) is 3.